The Bertz CT molecular complexity index is 438. The molecule has 0 saturated carbocycles. The lowest BCUT2D eigenvalue weighted by Gasteiger charge is -2.29. The first kappa shape index (κ1) is 17.9. The SMILES string of the molecule is CCNC(c1ccc(C(C)CC)cc1)C(F)(F)C(F)(F)F. The first-order chi connectivity index (χ1) is 9.65. The first-order valence-corrected chi connectivity index (χ1v) is 6.92. The maximum absolute atomic E-state index is 13.6. The van der Waals surface area contributed by atoms with Crippen LogP contribution >= 0.6 is 0 Å². The van der Waals surface area contributed by atoms with Crippen molar-refractivity contribution in [2.75, 3.05) is 6.54 Å². The molecular formula is C15H20F5N. The van der Waals surface area contributed by atoms with Crippen molar-refractivity contribution < 1.29 is 22.0 Å². The van der Waals surface area contributed by atoms with Crippen LogP contribution in [0, 0.1) is 0 Å². The summed E-state index contributed by atoms with van der Waals surface area (Å²) >= 11 is 0. The summed E-state index contributed by atoms with van der Waals surface area (Å²) in [7, 11) is 0. The van der Waals surface area contributed by atoms with Gasteiger partial charge in [0.05, 0.1) is 0 Å². The van der Waals surface area contributed by atoms with E-state index in [1.165, 1.54) is 19.1 Å². The predicted molar refractivity (Wildman–Crippen MR) is 72.6 cm³/mol. The number of hydrogen-bond donors (Lipinski definition) is 1. The van der Waals surface area contributed by atoms with Gasteiger partial charge in [-0.3, -0.25) is 0 Å². The average molecular weight is 309 g/mol. The molecule has 1 nitrogen and oxygen atoms in total. The zero-order valence-corrected chi connectivity index (χ0v) is 12.3. The highest BCUT2D eigenvalue weighted by Gasteiger charge is 2.62. The van der Waals surface area contributed by atoms with E-state index in [9.17, 15) is 22.0 Å². The van der Waals surface area contributed by atoms with E-state index in [0.29, 0.717) is 0 Å². The van der Waals surface area contributed by atoms with E-state index in [4.69, 9.17) is 0 Å². The van der Waals surface area contributed by atoms with Crippen LogP contribution in [0.3, 0.4) is 0 Å². The Kier molecular flexibility index (Phi) is 5.73. The number of halogens is 5. The minimum absolute atomic E-state index is 0.0173. The third kappa shape index (κ3) is 3.93. The second kappa shape index (κ2) is 6.73. The highest BCUT2D eigenvalue weighted by Crippen LogP contribution is 2.44. The van der Waals surface area contributed by atoms with Gasteiger partial charge in [-0.1, -0.05) is 45.0 Å². The van der Waals surface area contributed by atoms with E-state index in [-0.39, 0.29) is 18.0 Å². The molecule has 0 spiro atoms. The average Bonchev–Trinajstić information content (AvgIpc) is 2.42. The molecule has 1 aromatic rings. The summed E-state index contributed by atoms with van der Waals surface area (Å²) in [5.41, 5.74) is 0.859. The van der Waals surface area contributed by atoms with Crippen molar-refractivity contribution in [3.05, 3.63) is 35.4 Å². The van der Waals surface area contributed by atoms with E-state index in [0.717, 1.165) is 12.0 Å². The molecule has 0 aliphatic rings. The van der Waals surface area contributed by atoms with Crippen LogP contribution in [0.5, 0.6) is 0 Å². The zero-order chi connectivity index (χ0) is 16.3. The molecule has 1 aromatic carbocycles. The standard InChI is InChI=1S/C15H20F5N/c1-4-10(3)11-6-8-12(9-7-11)13(21-5-2)14(16,17)15(18,19)20/h6-10,13,21H,4-5H2,1-3H3. The molecule has 0 heterocycles. The Morgan fingerprint density at radius 1 is 0.952 bits per heavy atom. The van der Waals surface area contributed by atoms with Crippen LogP contribution in [0.1, 0.15) is 50.3 Å². The Labute approximate surface area is 121 Å². The minimum Gasteiger partial charge on any atom is -0.305 e. The van der Waals surface area contributed by atoms with Crippen molar-refractivity contribution in [1.82, 2.24) is 5.32 Å². The molecule has 0 aliphatic heterocycles. The van der Waals surface area contributed by atoms with Crippen molar-refractivity contribution in [2.45, 2.75) is 51.3 Å². The van der Waals surface area contributed by atoms with Crippen LogP contribution in [0.15, 0.2) is 24.3 Å². The van der Waals surface area contributed by atoms with Crippen LogP contribution in [-0.2, 0) is 0 Å². The third-order valence-corrected chi connectivity index (χ3v) is 3.60. The number of nitrogens with one attached hydrogen (secondary N) is 1. The maximum atomic E-state index is 13.6. The van der Waals surface area contributed by atoms with E-state index in [1.807, 2.05) is 13.8 Å². The van der Waals surface area contributed by atoms with E-state index >= 15 is 0 Å². The molecule has 0 aromatic heterocycles. The fraction of sp³-hybridized carbons (Fsp3) is 0.600. The smallest absolute Gasteiger partial charge is 0.305 e. The summed E-state index contributed by atoms with van der Waals surface area (Å²) in [6, 6.07) is 3.83. The molecule has 2 unspecified atom stereocenters. The van der Waals surface area contributed by atoms with E-state index < -0.39 is 18.1 Å². The van der Waals surface area contributed by atoms with Gasteiger partial charge in [0.1, 0.15) is 6.04 Å². The number of hydrogen-bond acceptors (Lipinski definition) is 1. The van der Waals surface area contributed by atoms with Crippen molar-refractivity contribution in [3.63, 3.8) is 0 Å². The van der Waals surface area contributed by atoms with Gasteiger partial charge in [0.25, 0.3) is 0 Å². The maximum Gasteiger partial charge on any atom is 0.455 e. The third-order valence-electron chi connectivity index (χ3n) is 3.60. The lowest BCUT2D eigenvalue weighted by Crippen LogP contribution is -2.48. The van der Waals surface area contributed by atoms with E-state index in [1.54, 1.807) is 12.1 Å². The lowest BCUT2D eigenvalue weighted by molar-refractivity contribution is -0.294. The highest BCUT2D eigenvalue weighted by atomic mass is 19.4. The van der Waals surface area contributed by atoms with Gasteiger partial charge in [-0.25, -0.2) is 0 Å². The van der Waals surface area contributed by atoms with Gasteiger partial charge in [-0.2, -0.15) is 22.0 Å². The topological polar surface area (TPSA) is 12.0 Å². The van der Waals surface area contributed by atoms with Gasteiger partial charge < -0.3 is 5.32 Å². The Hall–Kier alpha value is -1.17. The van der Waals surface area contributed by atoms with Gasteiger partial charge in [0.15, 0.2) is 0 Å². The number of rotatable bonds is 6. The summed E-state index contributed by atoms with van der Waals surface area (Å²) in [4.78, 5) is 0. The van der Waals surface area contributed by atoms with E-state index in [2.05, 4.69) is 5.32 Å². The predicted octanol–water partition coefficient (Wildman–Crippen LogP) is 5.05. The van der Waals surface area contributed by atoms with Crippen LogP contribution in [0.2, 0.25) is 0 Å². The van der Waals surface area contributed by atoms with Crippen LogP contribution in [0.25, 0.3) is 0 Å². The lowest BCUT2D eigenvalue weighted by atomic mass is 9.94. The molecule has 0 radical (unpaired) electrons. The summed E-state index contributed by atoms with van der Waals surface area (Å²) in [5, 5.41) is 2.24. The van der Waals surface area contributed by atoms with Crippen molar-refractivity contribution >= 4 is 0 Å². The molecule has 0 aliphatic carbocycles. The Morgan fingerprint density at radius 2 is 1.43 bits per heavy atom. The summed E-state index contributed by atoms with van der Waals surface area (Å²) in [5.74, 6) is -4.58. The minimum atomic E-state index is -5.59. The Balaban J connectivity index is 3.12. The largest absolute Gasteiger partial charge is 0.455 e. The fourth-order valence-electron chi connectivity index (χ4n) is 2.08. The zero-order valence-electron chi connectivity index (χ0n) is 12.3. The summed E-state index contributed by atoms with van der Waals surface area (Å²) < 4.78 is 64.9. The normalized spacial score (nSPS) is 15.8. The van der Waals surface area contributed by atoms with Crippen LogP contribution in [0.4, 0.5) is 22.0 Å². The monoisotopic (exact) mass is 309 g/mol. The second-order valence-electron chi connectivity index (χ2n) is 5.09. The van der Waals surface area contributed by atoms with Crippen molar-refractivity contribution in [3.8, 4) is 0 Å². The van der Waals surface area contributed by atoms with Gasteiger partial charge in [-0.05, 0) is 30.0 Å². The quantitative estimate of drug-likeness (QED) is 0.725. The fourth-order valence-corrected chi connectivity index (χ4v) is 2.08. The van der Waals surface area contributed by atoms with Crippen molar-refractivity contribution in [2.24, 2.45) is 0 Å². The van der Waals surface area contributed by atoms with Crippen molar-refractivity contribution in [1.29, 1.82) is 0 Å². The second-order valence-corrected chi connectivity index (χ2v) is 5.09. The van der Waals surface area contributed by atoms with Crippen LogP contribution in [-0.4, -0.2) is 18.6 Å². The molecule has 0 saturated heterocycles. The molecular weight excluding hydrogens is 289 g/mol. The molecule has 0 bridgehead atoms. The van der Waals surface area contributed by atoms with Crippen LogP contribution < -0.4 is 5.32 Å². The number of alkyl halides is 5. The van der Waals surface area contributed by atoms with Gasteiger partial charge >= 0.3 is 12.1 Å². The molecule has 6 heteroatoms. The molecule has 0 fully saturated rings. The number of benzene rings is 1. The molecule has 0 amide bonds. The highest BCUT2D eigenvalue weighted by molar-refractivity contribution is 5.28. The Morgan fingerprint density at radius 3 is 1.81 bits per heavy atom. The summed E-state index contributed by atoms with van der Waals surface area (Å²) in [6.45, 7) is 5.47. The first-order valence-electron chi connectivity index (χ1n) is 6.92. The molecule has 1 rings (SSSR count). The van der Waals surface area contributed by atoms with Gasteiger partial charge in [0.2, 0.25) is 0 Å². The van der Waals surface area contributed by atoms with Gasteiger partial charge in [-0.15, -0.1) is 0 Å². The molecule has 1 N–H and O–H groups in total. The molecule has 21 heavy (non-hydrogen) atoms. The molecule has 2 atom stereocenters. The molecule has 120 valence electrons. The van der Waals surface area contributed by atoms with Gasteiger partial charge in [0, 0.05) is 0 Å². The summed E-state index contributed by atoms with van der Waals surface area (Å²) in [6.07, 6.45) is -4.72.